The van der Waals surface area contributed by atoms with Crippen LogP contribution in [0.5, 0.6) is 17.2 Å². The fourth-order valence-electron chi connectivity index (χ4n) is 3.15. The molecule has 2 aromatic carbocycles. The smallest absolute Gasteiger partial charge is 0.267 e. The Hall–Kier alpha value is -3.02. The van der Waals surface area contributed by atoms with Gasteiger partial charge in [-0.25, -0.2) is 0 Å². The lowest BCUT2D eigenvalue weighted by molar-refractivity contribution is -0.122. The number of rotatable bonds is 7. The molecule has 1 saturated heterocycles. The molecule has 4 rings (SSSR count). The molecule has 0 aliphatic carbocycles. The van der Waals surface area contributed by atoms with Crippen LogP contribution in [0.2, 0.25) is 0 Å². The Kier molecular flexibility index (Phi) is 7.99. The third-order valence-corrected chi connectivity index (χ3v) is 6.82. The quantitative estimate of drug-likeness (QED) is 0.187. The average Bonchev–Trinajstić information content (AvgIpc) is 3.43. The van der Waals surface area contributed by atoms with Crippen LogP contribution in [-0.2, 0) is 11.3 Å². The Morgan fingerprint density at radius 3 is 2.77 bits per heavy atom. The molecule has 0 unspecified atom stereocenters. The number of nitrogens with zero attached hydrogens (tertiary/aromatic N) is 3. The van der Waals surface area contributed by atoms with E-state index in [-0.39, 0.29) is 24.0 Å². The van der Waals surface area contributed by atoms with E-state index in [1.165, 1.54) is 23.4 Å². The zero-order valence-electron chi connectivity index (χ0n) is 18.3. The number of aromatic hydroxyl groups is 2. The number of furan rings is 1. The summed E-state index contributed by atoms with van der Waals surface area (Å²) in [6.45, 7) is 2.40. The van der Waals surface area contributed by atoms with E-state index < -0.39 is 0 Å². The molecule has 0 bridgehead atoms. The third-order valence-electron chi connectivity index (χ3n) is 4.76. The molecule has 1 amide bonds. The van der Waals surface area contributed by atoms with Crippen molar-refractivity contribution in [3.8, 4) is 17.2 Å². The van der Waals surface area contributed by atoms with E-state index in [0.29, 0.717) is 43.8 Å². The van der Waals surface area contributed by atoms with Crippen LogP contribution in [0.15, 0.2) is 77.2 Å². The van der Waals surface area contributed by atoms with Gasteiger partial charge in [-0.1, -0.05) is 22.0 Å². The Morgan fingerprint density at radius 1 is 1.20 bits per heavy atom. The predicted molar refractivity (Wildman–Crippen MR) is 143 cm³/mol. The van der Waals surface area contributed by atoms with Crippen LogP contribution in [-0.4, -0.2) is 39.0 Å². The number of hydrogen-bond acceptors (Lipinski definition) is 8. The van der Waals surface area contributed by atoms with Crippen molar-refractivity contribution in [2.45, 2.75) is 13.5 Å². The van der Waals surface area contributed by atoms with Gasteiger partial charge in [-0.15, -0.1) is 5.10 Å². The second-order valence-corrected chi connectivity index (χ2v) is 9.97. The SMILES string of the molecule is CCOc1cc(/C=C2\S/C(=N\N=C\c3cc(Br)cc(Br)c3O)N(Cc3ccco3)C2=O)ccc1O. The molecular formula is C24H19Br2N3O5S. The minimum absolute atomic E-state index is 0.0257. The standard InChI is InChI=1S/C24H19Br2N3O5S/c1-2-33-20-8-14(5-6-19(20)30)9-21-23(32)29(13-17-4-3-7-34-17)24(35-21)28-27-12-15-10-16(25)11-18(26)22(15)31/h3-12,30-31H,2,13H2,1H3/b21-9-,27-12+,28-24-. The van der Waals surface area contributed by atoms with E-state index >= 15 is 0 Å². The summed E-state index contributed by atoms with van der Waals surface area (Å²) in [5, 5.41) is 28.9. The number of amides is 1. The largest absolute Gasteiger partial charge is 0.506 e. The molecule has 35 heavy (non-hydrogen) atoms. The van der Waals surface area contributed by atoms with Crippen molar-refractivity contribution in [3.05, 3.63) is 79.5 Å². The van der Waals surface area contributed by atoms with Gasteiger partial charge in [-0.05, 0) is 82.7 Å². The summed E-state index contributed by atoms with van der Waals surface area (Å²) in [5.41, 5.74) is 1.14. The molecule has 1 fully saturated rings. The molecule has 180 valence electrons. The number of carbonyl (C=O) groups is 1. The Labute approximate surface area is 222 Å². The summed E-state index contributed by atoms with van der Waals surface area (Å²) >= 11 is 7.82. The first kappa shape index (κ1) is 25.1. The highest BCUT2D eigenvalue weighted by Gasteiger charge is 2.34. The molecular weight excluding hydrogens is 602 g/mol. The highest BCUT2D eigenvalue weighted by atomic mass is 79.9. The third kappa shape index (κ3) is 5.98. The van der Waals surface area contributed by atoms with Crippen molar-refractivity contribution in [1.82, 2.24) is 4.90 Å². The lowest BCUT2D eigenvalue weighted by Gasteiger charge is -2.12. The van der Waals surface area contributed by atoms with Crippen molar-refractivity contribution < 1.29 is 24.2 Å². The molecule has 0 radical (unpaired) electrons. The van der Waals surface area contributed by atoms with Gasteiger partial charge in [0, 0.05) is 10.0 Å². The minimum Gasteiger partial charge on any atom is -0.506 e. The molecule has 1 aromatic heterocycles. The molecule has 0 atom stereocenters. The second-order valence-electron chi connectivity index (χ2n) is 7.19. The number of amidine groups is 1. The Morgan fingerprint density at radius 2 is 2.03 bits per heavy atom. The van der Waals surface area contributed by atoms with Crippen LogP contribution in [0.25, 0.3) is 6.08 Å². The van der Waals surface area contributed by atoms with Crippen LogP contribution >= 0.6 is 43.6 Å². The molecule has 3 aromatic rings. The summed E-state index contributed by atoms with van der Waals surface area (Å²) in [7, 11) is 0. The van der Waals surface area contributed by atoms with Gasteiger partial charge in [-0.3, -0.25) is 9.69 Å². The van der Waals surface area contributed by atoms with Gasteiger partial charge in [0.05, 0.1) is 35.0 Å². The van der Waals surface area contributed by atoms with Crippen LogP contribution in [0.1, 0.15) is 23.8 Å². The summed E-state index contributed by atoms with van der Waals surface area (Å²) < 4.78 is 12.1. The van der Waals surface area contributed by atoms with Crippen molar-refractivity contribution >= 4 is 67.0 Å². The normalized spacial score (nSPS) is 16.2. The maximum atomic E-state index is 13.2. The molecule has 0 saturated carbocycles. The lowest BCUT2D eigenvalue weighted by atomic mass is 10.2. The van der Waals surface area contributed by atoms with E-state index in [2.05, 4.69) is 42.1 Å². The highest BCUT2D eigenvalue weighted by molar-refractivity contribution is 9.11. The first-order valence-electron chi connectivity index (χ1n) is 10.3. The fourth-order valence-corrected chi connectivity index (χ4v) is 5.34. The monoisotopic (exact) mass is 619 g/mol. The first-order valence-corrected chi connectivity index (χ1v) is 12.7. The van der Waals surface area contributed by atoms with Crippen LogP contribution in [0.4, 0.5) is 0 Å². The zero-order valence-corrected chi connectivity index (χ0v) is 22.3. The van der Waals surface area contributed by atoms with Gasteiger partial charge < -0.3 is 19.4 Å². The number of benzene rings is 2. The number of hydrogen-bond donors (Lipinski definition) is 2. The summed E-state index contributed by atoms with van der Waals surface area (Å²) in [6, 6.07) is 11.8. The van der Waals surface area contributed by atoms with Crippen LogP contribution in [0, 0.1) is 0 Å². The Bertz CT molecular complexity index is 1340. The van der Waals surface area contributed by atoms with Crippen molar-refractivity contribution in [3.63, 3.8) is 0 Å². The summed E-state index contributed by atoms with van der Waals surface area (Å²) in [4.78, 5) is 15.1. The summed E-state index contributed by atoms with van der Waals surface area (Å²) in [5.74, 6) is 0.715. The van der Waals surface area contributed by atoms with E-state index in [0.717, 1.165) is 16.2 Å². The van der Waals surface area contributed by atoms with Crippen molar-refractivity contribution in [1.29, 1.82) is 0 Å². The topological polar surface area (TPSA) is 108 Å². The number of ether oxygens (including phenoxy) is 1. The van der Waals surface area contributed by atoms with Crippen LogP contribution < -0.4 is 4.74 Å². The fraction of sp³-hybridized carbons (Fsp3) is 0.125. The van der Waals surface area contributed by atoms with Gasteiger partial charge in [-0.2, -0.15) is 5.10 Å². The number of halogens is 2. The number of phenols is 2. The Balaban J connectivity index is 1.65. The maximum absolute atomic E-state index is 13.2. The van der Waals surface area contributed by atoms with Gasteiger partial charge in [0.2, 0.25) is 0 Å². The van der Waals surface area contributed by atoms with Crippen LogP contribution in [0.3, 0.4) is 0 Å². The van der Waals surface area contributed by atoms with Crippen molar-refractivity contribution in [2.75, 3.05) is 6.61 Å². The van der Waals surface area contributed by atoms with Gasteiger partial charge in [0.1, 0.15) is 11.5 Å². The highest BCUT2D eigenvalue weighted by Crippen LogP contribution is 2.36. The van der Waals surface area contributed by atoms with E-state index in [1.807, 2.05) is 6.92 Å². The zero-order chi connectivity index (χ0) is 24.9. The van der Waals surface area contributed by atoms with Gasteiger partial charge in [0.15, 0.2) is 16.7 Å². The summed E-state index contributed by atoms with van der Waals surface area (Å²) in [6.07, 6.45) is 4.64. The molecule has 2 N–H and O–H groups in total. The lowest BCUT2D eigenvalue weighted by Crippen LogP contribution is -2.28. The molecule has 1 aliphatic rings. The molecule has 0 spiro atoms. The van der Waals surface area contributed by atoms with Gasteiger partial charge in [0.25, 0.3) is 5.91 Å². The minimum atomic E-state index is -0.264. The number of phenolic OH excluding ortho intramolecular Hbond substituents is 2. The first-order chi connectivity index (χ1) is 16.9. The number of thioether (sulfide) groups is 1. The van der Waals surface area contributed by atoms with E-state index in [9.17, 15) is 15.0 Å². The molecule has 11 heteroatoms. The number of carbonyl (C=O) groups excluding carboxylic acids is 1. The average molecular weight is 621 g/mol. The van der Waals surface area contributed by atoms with E-state index in [4.69, 9.17) is 9.15 Å². The van der Waals surface area contributed by atoms with Gasteiger partial charge >= 0.3 is 0 Å². The van der Waals surface area contributed by atoms with E-state index in [1.54, 1.807) is 42.5 Å². The second kappa shape index (κ2) is 11.1. The molecule has 1 aliphatic heterocycles. The molecule has 8 nitrogen and oxygen atoms in total. The molecule has 2 heterocycles. The van der Waals surface area contributed by atoms with Crippen molar-refractivity contribution in [2.24, 2.45) is 10.2 Å². The predicted octanol–water partition coefficient (Wildman–Crippen LogP) is 6.12. The maximum Gasteiger partial charge on any atom is 0.267 e.